The van der Waals surface area contributed by atoms with E-state index in [1.807, 2.05) is 60.8 Å². The third-order valence-corrected chi connectivity index (χ3v) is 3.66. The molecular weight excluding hydrogens is 282 g/mol. The molecule has 0 bridgehead atoms. The van der Waals surface area contributed by atoms with Gasteiger partial charge in [0.05, 0.1) is 18.9 Å². The molecule has 0 aliphatic rings. The highest BCUT2D eigenvalue weighted by Crippen LogP contribution is 2.18. The smallest absolute Gasteiger partial charge is 0.119 e. The predicted octanol–water partition coefficient (Wildman–Crippen LogP) is 3.54. The highest BCUT2D eigenvalue weighted by Gasteiger charge is 1.95. The first-order chi connectivity index (χ1) is 10.4. The number of hydrogen-bond donors (Lipinski definition) is 1. The first-order valence-corrected chi connectivity index (χ1v) is 8.04. The van der Waals surface area contributed by atoms with E-state index in [1.165, 1.54) is 0 Å². The Labute approximate surface area is 129 Å². The minimum atomic E-state index is 0.221. The summed E-state index contributed by atoms with van der Waals surface area (Å²) < 4.78 is 5.62. The van der Waals surface area contributed by atoms with Crippen LogP contribution < -0.4 is 4.74 Å². The molecule has 4 heteroatoms. The lowest BCUT2D eigenvalue weighted by molar-refractivity contribution is 0.321. The lowest BCUT2D eigenvalue weighted by Crippen LogP contribution is -2.01. The molecule has 2 aromatic rings. The summed E-state index contributed by atoms with van der Waals surface area (Å²) >= 11 is 1.68. The molecule has 0 fully saturated rings. The number of ether oxygens (including phenoxy) is 1. The van der Waals surface area contributed by atoms with Gasteiger partial charge in [-0.1, -0.05) is 30.3 Å². The van der Waals surface area contributed by atoms with Crippen LogP contribution in [0.3, 0.4) is 0 Å². The molecular formula is C17H19NO2S. The largest absolute Gasteiger partial charge is 0.493 e. The number of nitrogens with zero attached hydrogens (tertiary/aromatic N) is 1. The molecule has 3 nitrogen and oxygen atoms in total. The van der Waals surface area contributed by atoms with Crippen LogP contribution in [0.2, 0.25) is 0 Å². The molecule has 0 aromatic heterocycles. The van der Waals surface area contributed by atoms with Crippen molar-refractivity contribution in [2.45, 2.75) is 0 Å². The fourth-order valence-corrected chi connectivity index (χ4v) is 2.24. The number of aliphatic imine (C=N–C) groups is 1. The second kappa shape index (κ2) is 9.21. The molecule has 0 saturated carbocycles. The van der Waals surface area contributed by atoms with Crippen molar-refractivity contribution in [2.24, 2.45) is 4.99 Å². The Hall–Kier alpha value is -1.78. The van der Waals surface area contributed by atoms with Crippen LogP contribution in [-0.4, -0.2) is 36.0 Å². The molecule has 2 rings (SSSR count). The molecule has 1 N–H and O–H groups in total. The Bertz CT molecular complexity index is 540. The maximum Gasteiger partial charge on any atom is 0.119 e. The monoisotopic (exact) mass is 301 g/mol. The van der Waals surface area contributed by atoms with Crippen molar-refractivity contribution in [3.8, 4) is 5.75 Å². The lowest BCUT2D eigenvalue weighted by Gasteiger charge is -2.05. The fraction of sp³-hybridized carbons (Fsp3) is 0.235. The van der Waals surface area contributed by atoms with Gasteiger partial charge >= 0.3 is 0 Å². The van der Waals surface area contributed by atoms with Crippen LogP contribution in [0, 0.1) is 0 Å². The summed E-state index contributed by atoms with van der Waals surface area (Å²) in [7, 11) is 0. The van der Waals surface area contributed by atoms with Gasteiger partial charge in [0.25, 0.3) is 0 Å². The average Bonchev–Trinajstić information content (AvgIpc) is 2.55. The van der Waals surface area contributed by atoms with E-state index >= 15 is 0 Å². The molecule has 0 heterocycles. The van der Waals surface area contributed by atoms with Gasteiger partial charge in [-0.15, -0.1) is 0 Å². The molecule has 0 spiro atoms. The normalized spacial score (nSPS) is 10.9. The van der Waals surface area contributed by atoms with Crippen molar-refractivity contribution in [1.29, 1.82) is 0 Å². The second-order valence-corrected chi connectivity index (χ2v) is 5.57. The zero-order chi connectivity index (χ0) is 14.8. The molecule has 0 atom stereocenters. The van der Waals surface area contributed by atoms with E-state index in [2.05, 4.69) is 4.99 Å². The van der Waals surface area contributed by atoms with Gasteiger partial charge in [0.15, 0.2) is 0 Å². The van der Waals surface area contributed by atoms with Crippen LogP contribution in [0.1, 0.15) is 5.56 Å². The van der Waals surface area contributed by atoms with E-state index < -0.39 is 0 Å². The van der Waals surface area contributed by atoms with Crippen molar-refractivity contribution in [2.75, 3.05) is 24.7 Å². The third kappa shape index (κ3) is 6.02. The summed E-state index contributed by atoms with van der Waals surface area (Å²) in [5.41, 5.74) is 1.99. The van der Waals surface area contributed by atoms with E-state index in [-0.39, 0.29) is 6.61 Å². The van der Waals surface area contributed by atoms with Gasteiger partial charge in [-0.3, -0.25) is 4.99 Å². The minimum absolute atomic E-state index is 0.221. The van der Waals surface area contributed by atoms with Gasteiger partial charge in [-0.2, -0.15) is 11.8 Å². The first kappa shape index (κ1) is 15.6. The summed E-state index contributed by atoms with van der Waals surface area (Å²) in [4.78, 5) is 4.43. The average molecular weight is 301 g/mol. The van der Waals surface area contributed by atoms with E-state index in [4.69, 9.17) is 9.84 Å². The van der Waals surface area contributed by atoms with E-state index in [0.29, 0.717) is 6.61 Å². The number of aliphatic hydroxyl groups is 1. The van der Waals surface area contributed by atoms with Gasteiger partial charge in [0.1, 0.15) is 5.75 Å². The summed E-state index contributed by atoms with van der Waals surface area (Å²) in [5.74, 6) is 2.49. The zero-order valence-corrected chi connectivity index (χ0v) is 12.6. The third-order valence-electron chi connectivity index (χ3n) is 2.73. The van der Waals surface area contributed by atoms with Gasteiger partial charge in [-0.05, 0) is 29.8 Å². The first-order valence-electron chi connectivity index (χ1n) is 6.89. The predicted molar refractivity (Wildman–Crippen MR) is 90.0 cm³/mol. The lowest BCUT2D eigenvalue weighted by atomic mass is 10.2. The Morgan fingerprint density at radius 3 is 2.48 bits per heavy atom. The van der Waals surface area contributed by atoms with E-state index in [1.54, 1.807) is 11.8 Å². The Balaban J connectivity index is 1.80. The maximum atomic E-state index is 8.67. The molecule has 2 aromatic carbocycles. The highest BCUT2D eigenvalue weighted by atomic mass is 32.2. The molecule has 0 radical (unpaired) electrons. The summed E-state index contributed by atoms with van der Waals surface area (Å²) in [6.07, 6.45) is 1.85. The quantitative estimate of drug-likeness (QED) is 0.599. The SMILES string of the molecule is OCCSCCOc1ccc(N=Cc2ccccc2)cc1. The number of aliphatic hydroxyl groups excluding tert-OH is 1. The van der Waals surface area contributed by atoms with Crippen LogP contribution >= 0.6 is 11.8 Å². The van der Waals surface area contributed by atoms with Crippen molar-refractivity contribution in [3.05, 3.63) is 60.2 Å². The Morgan fingerprint density at radius 2 is 1.76 bits per heavy atom. The number of hydrogen-bond acceptors (Lipinski definition) is 4. The Morgan fingerprint density at radius 1 is 1.00 bits per heavy atom. The van der Waals surface area contributed by atoms with Crippen LogP contribution in [0.15, 0.2) is 59.6 Å². The molecule has 0 unspecified atom stereocenters. The highest BCUT2D eigenvalue weighted by molar-refractivity contribution is 7.99. The van der Waals surface area contributed by atoms with Crippen molar-refractivity contribution in [1.82, 2.24) is 0 Å². The summed E-state index contributed by atoms with van der Waals surface area (Å²) in [6, 6.07) is 17.7. The number of thioether (sulfide) groups is 1. The minimum Gasteiger partial charge on any atom is -0.493 e. The Kier molecular flexibility index (Phi) is 6.84. The van der Waals surface area contributed by atoms with Gasteiger partial charge in [0, 0.05) is 17.7 Å². The van der Waals surface area contributed by atoms with Crippen LogP contribution in [0.4, 0.5) is 5.69 Å². The van der Waals surface area contributed by atoms with Crippen LogP contribution in [-0.2, 0) is 0 Å². The van der Waals surface area contributed by atoms with Crippen LogP contribution in [0.25, 0.3) is 0 Å². The second-order valence-electron chi connectivity index (χ2n) is 4.35. The molecule has 0 aliphatic heterocycles. The van der Waals surface area contributed by atoms with Crippen molar-refractivity contribution < 1.29 is 9.84 Å². The van der Waals surface area contributed by atoms with Crippen molar-refractivity contribution in [3.63, 3.8) is 0 Å². The van der Waals surface area contributed by atoms with E-state index in [0.717, 1.165) is 28.5 Å². The number of benzene rings is 2. The molecule has 21 heavy (non-hydrogen) atoms. The van der Waals surface area contributed by atoms with Crippen molar-refractivity contribution >= 4 is 23.7 Å². The fourth-order valence-electron chi connectivity index (χ4n) is 1.70. The molecule has 110 valence electrons. The number of rotatable bonds is 8. The summed E-state index contributed by atoms with van der Waals surface area (Å²) in [6.45, 7) is 0.871. The topological polar surface area (TPSA) is 41.8 Å². The molecule has 0 saturated heterocycles. The standard InChI is InChI=1S/C17H19NO2S/c19-10-12-21-13-11-20-17-8-6-16(7-9-17)18-14-15-4-2-1-3-5-15/h1-9,14,19H,10-13H2. The molecule has 0 aliphatic carbocycles. The van der Waals surface area contributed by atoms with E-state index in [9.17, 15) is 0 Å². The zero-order valence-electron chi connectivity index (χ0n) is 11.8. The molecule has 0 amide bonds. The maximum absolute atomic E-state index is 8.67. The van der Waals surface area contributed by atoms with Crippen LogP contribution in [0.5, 0.6) is 5.75 Å². The summed E-state index contributed by atoms with van der Waals surface area (Å²) in [5, 5.41) is 8.67. The van der Waals surface area contributed by atoms with Gasteiger partial charge in [-0.25, -0.2) is 0 Å². The van der Waals surface area contributed by atoms with Gasteiger partial charge < -0.3 is 9.84 Å². The van der Waals surface area contributed by atoms with Gasteiger partial charge in [0.2, 0.25) is 0 Å².